The fourth-order valence-corrected chi connectivity index (χ4v) is 14.8. The molecule has 0 aromatic rings. The predicted octanol–water partition coefficient (Wildman–Crippen LogP) is -52.1. The van der Waals surface area contributed by atoms with Crippen LogP contribution in [-0.4, -0.2) is 318 Å². The summed E-state index contributed by atoms with van der Waals surface area (Å²) in [6, 6.07) is 0. The van der Waals surface area contributed by atoms with Gasteiger partial charge in [0, 0.05) is 6.61 Å². The Kier molecular flexibility index (Phi) is 78.8. The van der Waals surface area contributed by atoms with Gasteiger partial charge in [0.2, 0.25) is 141 Å². The zero-order chi connectivity index (χ0) is 80.0. The first-order valence-corrected chi connectivity index (χ1v) is 43.3. The van der Waals surface area contributed by atoms with Gasteiger partial charge in [0.15, 0.2) is 49.6 Å². The van der Waals surface area contributed by atoms with Crippen LogP contribution in [0.4, 0.5) is 0 Å². The molecule has 86 heteroatoms. The van der Waals surface area contributed by atoms with Crippen molar-refractivity contribution in [3.63, 3.8) is 0 Å². The molecule has 4 heterocycles. The summed E-state index contributed by atoms with van der Waals surface area (Å²) in [5.74, 6) is 0. The average Bonchev–Trinajstić information content (AvgIpc) is 0.751. The van der Waals surface area contributed by atoms with Crippen molar-refractivity contribution in [1.82, 2.24) is 0 Å². The van der Waals surface area contributed by atoms with Crippen LogP contribution in [-0.2, 0) is 227 Å². The van der Waals surface area contributed by atoms with Crippen molar-refractivity contribution in [2.45, 2.75) is 168 Å². The van der Waals surface area contributed by atoms with E-state index in [1.54, 1.807) is 6.92 Å². The maximum atomic E-state index is 12.9. The van der Waals surface area contributed by atoms with Crippen LogP contribution in [0.2, 0.25) is 0 Å². The van der Waals surface area contributed by atoms with Gasteiger partial charge in [0.05, 0.1) is 19.8 Å². The summed E-state index contributed by atoms with van der Waals surface area (Å²) in [5, 5.41) is 0. The van der Waals surface area contributed by atoms with Crippen LogP contribution in [0.25, 0.3) is 0 Å². The van der Waals surface area contributed by atoms with Crippen LogP contribution in [0, 0.1) is 0 Å². The SMILES string of the molecule is CCCCCCCCO[C@H]1O[C@H](OS(=O)(=O)[O-])[C@@H](OS(=O)(=O)[O-])[C@H](OS(=O)(=O)[O-])[C@@H]1O[C@H]1O[C@H](COS(=O)(=O)[O-])[C@@H](OS(=O)(=O)[O-])[C@H](O[C@H]2O[C@H](COS(=O)(=O)[O-])[C@@H](OS(=O)(=O)[O-])[C@H](O[C@H]3O[C@H](COS(=O)(=O)[O-])[C@@H](OS(=O)(=O)[O-])[C@H](OS(=O)(=O)[O-])[C@@H]3OS(=O)(=O)[O-])[C@@H]2OS(=O)(=O)[O-])[C@@H]1OS(=O)(=O)[O-].[Na+].[Na+].[Na+].[Na+].[Na+].[Na+].[Na+].[Na+].[Na+].[Na+].[Na+].[Na+].[Na+]. The van der Waals surface area contributed by atoms with Gasteiger partial charge < -0.3 is 97.1 Å². The molecular weight excluding hydrogens is 2050 g/mol. The summed E-state index contributed by atoms with van der Waals surface area (Å²) in [4.78, 5) is 0. The van der Waals surface area contributed by atoms with E-state index in [0.717, 1.165) is 0 Å². The third kappa shape index (κ3) is 61.2. The van der Waals surface area contributed by atoms with Gasteiger partial charge in [-0.1, -0.05) is 39.0 Å². The number of unbranched alkanes of at least 4 members (excludes halogenated alkanes) is 5. The standard InChI is InChI=1S/C31H56O60S13.13Na/c1-2-3-4-5-6-7-8-71-27-22(21(86-99(53,54)55)26(90-103(65,66)67)31(81-27)91-104(68,69)70)80-29-24(88-101(59,60)61)19(16(83-96(44,45)46)13(76-29)10-73-93(35,36)37)78-28-23(87-100(56,57)58)18(15(82-95(41,42)43)12(75-28)9-72-92(32,33)34)79-30-25(89-102(62,63)64)20(85-98(50,51)52)17(84-97(47,48)49)14(77-30)11-74-94(38,39)40;;;;;;;;;;;;;/h12-31H,2-11H2,1H3,(H,32,33,34)(H,35,36,37)(H,38,39,40)(H,41,42,43)(H,44,45,46)(H,47,48,49)(H,50,51,52)(H,53,54,55)(H,56,57,58)(H,59,60,61)(H,62,63,64)(H,65,66,67)(H,68,69,70);;;;;;;;;;;;;/q;13*+1/p-13/t12-,13-,14-,15-,16-,17-,18+,19+,20+,21-,22+,23+,24+,25+,26+,27+,28-,29-,30-,31-;;;;;;;;;;;;;/m1............./s1. The summed E-state index contributed by atoms with van der Waals surface area (Å²) < 4.78 is 572. The summed E-state index contributed by atoms with van der Waals surface area (Å²) >= 11 is 0. The minimum absolute atomic E-state index is 0. The second-order valence-electron chi connectivity index (χ2n) is 19.7. The molecule has 4 fully saturated rings. The Morgan fingerprint density at radius 2 is 0.419 bits per heavy atom. The number of ether oxygens (including phenoxy) is 8. The van der Waals surface area contributed by atoms with Crippen molar-refractivity contribution in [3.05, 3.63) is 0 Å². The van der Waals surface area contributed by atoms with Gasteiger partial charge in [0.1, 0.15) is 67.1 Å². The summed E-state index contributed by atoms with van der Waals surface area (Å²) in [7, 11) is -88.3. The van der Waals surface area contributed by atoms with E-state index in [4.69, 9.17) is 37.9 Å². The summed E-state index contributed by atoms with van der Waals surface area (Å²) in [6.07, 6.45) is -75.1. The van der Waals surface area contributed by atoms with E-state index in [0.29, 0.717) is 19.3 Å². The monoisotopic (exact) mass is 2090 g/mol. The van der Waals surface area contributed by atoms with Crippen LogP contribution < -0.4 is 384 Å². The number of hydrogen-bond donors (Lipinski definition) is 0. The molecule has 4 aliphatic rings. The molecular formula is C31H43Na13O60S13. The number of hydrogen-bond acceptors (Lipinski definition) is 60. The maximum absolute atomic E-state index is 12.9. The van der Waals surface area contributed by atoms with E-state index in [2.05, 4.69) is 54.4 Å². The van der Waals surface area contributed by atoms with Gasteiger partial charge in [-0.05, 0) is 6.42 Å². The molecule has 117 heavy (non-hydrogen) atoms. The molecule has 0 aromatic heterocycles. The third-order valence-corrected chi connectivity index (χ3v) is 18.1. The summed E-state index contributed by atoms with van der Waals surface area (Å²) in [5.41, 5.74) is 0. The zero-order valence-corrected chi connectivity index (χ0v) is 99.0. The Balaban J connectivity index is -0.00000110. The summed E-state index contributed by atoms with van der Waals surface area (Å²) in [6.45, 7) is -6.70. The molecule has 0 saturated carbocycles. The Morgan fingerprint density at radius 1 is 0.214 bits per heavy atom. The normalized spacial score (nSPS) is 28.2. The maximum Gasteiger partial charge on any atom is 1.00 e. The first kappa shape index (κ1) is 148. The van der Waals surface area contributed by atoms with E-state index in [-0.39, 0.29) is 404 Å². The molecule has 60 nitrogen and oxygen atoms in total. The van der Waals surface area contributed by atoms with Crippen molar-refractivity contribution in [2.75, 3.05) is 26.4 Å². The number of rotatable bonds is 43. The van der Waals surface area contributed by atoms with Crippen LogP contribution in [0.15, 0.2) is 0 Å². The van der Waals surface area contributed by atoms with Gasteiger partial charge in [-0.3, -0.25) is 50.2 Å². The molecule has 618 valence electrons. The molecule has 0 aliphatic carbocycles. The van der Waals surface area contributed by atoms with Crippen LogP contribution in [0.5, 0.6) is 0 Å². The molecule has 4 aliphatic heterocycles. The fraction of sp³-hybridized carbons (Fsp3) is 1.00. The Hall–Kier alpha value is 11.0. The predicted molar refractivity (Wildman–Crippen MR) is 277 cm³/mol. The fourth-order valence-electron chi connectivity index (χ4n) is 9.13. The van der Waals surface area contributed by atoms with E-state index >= 15 is 0 Å². The van der Waals surface area contributed by atoms with Gasteiger partial charge in [-0.2, -0.15) is 0 Å². The van der Waals surface area contributed by atoms with Crippen LogP contribution >= 0.6 is 0 Å². The molecule has 0 radical (unpaired) electrons. The molecule has 4 saturated heterocycles. The van der Waals surface area contributed by atoms with E-state index in [1.165, 1.54) is 0 Å². The smallest absolute Gasteiger partial charge is 0.726 e. The first-order valence-electron chi connectivity index (χ1n) is 26.0. The van der Waals surface area contributed by atoms with E-state index in [9.17, 15) is 169 Å². The van der Waals surface area contributed by atoms with E-state index in [1.807, 2.05) is 0 Å². The molecule has 0 bridgehead atoms. The van der Waals surface area contributed by atoms with Gasteiger partial charge in [-0.15, -0.1) is 0 Å². The largest absolute Gasteiger partial charge is 1.00 e. The average molecular weight is 2090 g/mol. The minimum atomic E-state index is -7.20. The molecule has 0 N–H and O–H groups in total. The quantitative estimate of drug-likeness (QED) is 0.0237. The second-order valence-corrected chi connectivity index (χ2v) is 33.0. The van der Waals surface area contributed by atoms with Crippen molar-refractivity contribution in [1.29, 1.82) is 0 Å². The topological polar surface area (TPSA) is 937 Å². The Morgan fingerprint density at radius 3 is 0.675 bits per heavy atom. The van der Waals surface area contributed by atoms with Gasteiger partial charge >= 0.3 is 384 Å². The molecule has 0 amide bonds. The van der Waals surface area contributed by atoms with Crippen molar-refractivity contribution in [3.8, 4) is 0 Å². The molecule has 0 aromatic carbocycles. The van der Waals surface area contributed by atoms with Crippen LogP contribution in [0.3, 0.4) is 0 Å². The van der Waals surface area contributed by atoms with Gasteiger partial charge in [0.25, 0.3) is 0 Å². The van der Waals surface area contributed by atoms with Gasteiger partial charge in [-0.25, -0.2) is 114 Å². The van der Waals surface area contributed by atoms with Crippen LogP contribution in [0.1, 0.15) is 45.4 Å². The van der Waals surface area contributed by atoms with Crippen molar-refractivity contribution >= 4 is 135 Å². The third-order valence-electron chi connectivity index (χ3n) is 12.3. The van der Waals surface area contributed by atoms with Crippen molar-refractivity contribution < 1.29 is 645 Å². The minimum Gasteiger partial charge on any atom is -0.726 e. The molecule has 4 rings (SSSR count). The molecule has 0 unspecified atom stereocenters. The Bertz CT molecular complexity index is 4530. The van der Waals surface area contributed by atoms with E-state index < -0.39 is 285 Å². The Labute approximate surface area is 956 Å². The molecule has 0 spiro atoms. The first-order chi connectivity index (χ1) is 46.6. The molecule has 20 atom stereocenters. The second kappa shape index (κ2) is 62.2. The zero-order valence-electron chi connectivity index (χ0n) is 62.4. The van der Waals surface area contributed by atoms with Crippen molar-refractivity contribution in [2.24, 2.45) is 0 Å².